The minimum Gasteiger partial charge on any atom is -0.493 e. The van der Waals surface area contributed by atoms with Crippen molar-refractivity contribution in [2.45, 2.75) is 37.6 Å². The predicted molar refractivity (Wildman–Crippen MR) is 121 cm³/mol. The maximum Gasteiger partial charge on any atom is 0.243 e. The summed E-state index contributed by atoms with van der Waals surface area (Å²) in [5, 5.41) is 0. The minimum atomic E-state index is -3.40. The Labute approximate surface area is 185 Å². The largest absolute Gasteiger partial charge is 0.493 e. The molecule has 168 valence electrons. The Morgan fingerprint density at radius 3 is 2.16 bits per heavy atom. The standard InChI is InChI=1S/C24H32N2O4S/c1-18-4-6-22(7-5-18)31(27,28)26-12-8-19(9-13-26)16-25-11-10-20-14-23(29-2)24(30-3)15-21(20)17-25/h4-7,14-15,19H,8-13,16-17H2,1-3H3. The molecule has 2 aromatic carbocycles. The number of hydrogen-bond donors (Lipinski definition) is 0. The number of ether oxygens (including phenoxy) is 2. The molecule has 0 unspecified atom stereocenters. The van der Waals surface area contributed by atoms with E-state index >= 15 is 0 Å². The van der Waals surface area contributed by atoms with E-state index in [1.807, 2.05) is 19.1 Å². The number of sulfonamides is 1. The van der Waals surface area contributed by atoms with Gasteiger partial charge in [0.25, 0.3) is 0 Å². The molecule has 0 amide bonds. The summed E-state index contributed by atoms with van der Waals surface area (Å²) in [4.78, 5) is 2.89. The highest BCUT2D eigenvalue weighted by atomic mass is 32.2. The lowest BCUT2D eigenvalue weighted by Crippen LogP contribution is -2.42. The monoisotopic (exact) mass is 444 g/mol. The molecular formula is C24H32N2O4S. The first-order chi connectivity index (χ1) is 14.9. The molecule has 2 aliphatic rings. The van der Waals surface area contributed by atoms with Gasteiger partial charge in [-0.05, 0) is 67.5 Å². The fourth-order valence-corrected chi connectivity index (χ4v) is 6.12. The van der Waals surface area contributed by atoms with Crippen LogP contribution in [-0.2, 0) is 23.0 Å². The molecule has 7 heteroatoms. The van der Waals surface area contributed by atoms with Crippen molar-refractivity contribution < 1.29 is 17.9 Å². The highest BCUT2D eigenvalue weighted by Crippen LogP contribution is 2.34. The predicted octanol–water partition coefficient (Wildman–Crippen LogP) is 3.47. The first-order valence-electron chi connectivity index (χ1n) is 10.9. The van der Waals surface area contributed by atoms with Crippen molar-refractivity contribution in [1.82, 2.24) is 9.21 Å². The number of aryl methyl sites for hydroxylation is 1. The lowest BCUT2D eigenvalue weighted by atomic mass is 9.94. The van der Waals surface area contributed by atoms with Crippen molar-refractivity contribution in [2.75, 3.05) is 40.4 Å². The van der Waals surface area contributed by atoms with Crippen LogP contribution in [0.1, 0.15) is 29.5 Å². The van der Waals surface area contributed by atoms with E-state index in [0.29, 0.717) is 23.9 Å². The van der Waals surface area contributed by atoms with Gasteiger partial charge in [-0.1, -0.05) is 17.7 Å². The van der Waals surface area contributed by atoms with Gasteiger partial charge in [0.1, 0.15) is 0 Å². The molecule has 0 spiro atoms. The Bertz CT molecular complexity index is 1010. The van der Waals surface area contributed by atoms with E-state index in [0.717, 1.165) is 56.0 Å². The molecule has 4 rings (SSSR count). The van der Waals surface area contributed by atoms with Gasteiger partial charge in [0.15, 0.2) is 11.5 Å². The molecular weight excluding hydrogens is 412 g/mol. The Kier molecular flexibility index (Phi) is 6.55. The van der Waals surface area contributed by atoms with E-state index in [4.69, 9.17) is 9.47 Å². The lowest BCUT2D eigenvalue weighted by Gasteiger charge is -2.36. The van der Waals surface area contributed by atoms with Crippen LogP contribution in [-0.4, -0.2) is 58.0 Å². The number of hydrogen-bond acceptors (Lipinski definition) is 5. The van der Waals surface area contributed by atoms with Gasteiger partial charge in [-0.3, -0.25) is 4.90 Å². The Balaban J connectivity index is 1.35. The first-order valence-corrected chi connectivity index (χ1v) is 12.4. The van der Waals surface area contributed by atoms with Crippen molar-refractivity contribution in [3.8, 4) is 11.5 Å². The fraction of sp³-hybridized carbons (Fsp3) is 0.500. The van der Waals surface area contributed by atoms with Gasteiger partial charge in [0.05, 0.1) is 19.1 Å². The Hall–Kier alpha value is -2.09. The van der Waals surface area contributed by atoms with E-state index in [-0.39, 0.29) is 0 Å². The highest BCUT2D eigenvalue weighted by molar-refractivity contribution is 7.89. The molecule has 2 heterocycles. The molecule has 2 aliphatic heterocycles. The minimum absolute atomic E-state index is 0.397. The third-order valence-electron chi connectivity index (χ3n) is 6.55. The van der Waals surface area contributed by atoms with Crippen LogP contribution in [0.5, 0.6) is 11.5 Å². The molecule has 2 aromatic rings. The number of nitrogens with zero attached hydrogens (tertiary/aromatic N) is 2. The first kappa shape index (κ1) is 22.1. The van der Waals surface area contributed by atoms with Crippen LogP contribution in [0.25, 0.3) is 0 Å². The van der Waals surface area contributed by atoms with E-state index in [1.54, 1.807) is 30.7 Å². The number of methoxy groups -OCH3 is 2. The van der Waals surface area contributed by atoms with Crippen molar-refractivity contribution in [3.05, 3.63) is 53.1 Å². The third kappa shape index (κ3) is 4.73. The molecule has 0 aromatic heterocycles. The van der Waals surface area contributed by atoms with E-state index in [1.165, 1.54) is 11.1 Å². The molecule has 6 nitrogen and oxygen atoms in total. The lowest BCUT2D eigenvalue weighted by molar-refractivity contribution is 0.171. The number of rotatable bonds is 6. The zero-order valence-electron chi connectivity index (χ0n) is 18.6. The quantitative estimate of drug-likeness (QED) is 0.683. The van der Waals surface area contributed by atoms with Gasteiger partial charge in [0.2, 0.25) is 10.0 Å². The molecule has 1 fully saturated rings. The zero-order chi connectivity index (χ0) is 22.0. The van der Waals surface area contributed by atoms with E-state index in [9.17, 15) is 8.42 Å². The second-order valence-electron chi connectivity index (χ2n) is 8.62. The molecule has 0 aliphatic carbocycles. The molecule has 0 radical (unpaired) electrons. The zero-order valence-corrected chi connectivity index (χ0v) is 19.5. The molecule has 0 N–H and O–H groups in total. The molecule has 0 bridgehead atoms. The SMILES string of the molecule is COc1cc2c(cc1OC)CN(CC1CCN(S(=O)(=O)c3ccc(C)cc3)CC1)CC2. The molecule has 0 atom stereocenters. The third-order valence-corrected chi connectivity index (χ3v) is 8.46. The van der Waals surface area contributed by atoms with Gasteiger partial charge < -0.3 is 9.47 Å². The maximum atomic E-state index is 12.9. The summed E-state index contributed by atoms with van der Waals surface area (Å²) in [5.74, 6) is 2.08. The summed E-state index contributed by atoms with van der Waals surface area (Å²) in [6.07, 6.45) is 2.80. The molecule has 31 heavy (non-hydrogen) atoms. The normalized spacial score (nSPS) is 18.5. The topological polar surface area (TPSA) is 59.1 Å². The van der Waals surface area contributed by atoms with Crippen molar-refractivity contribution >= 4 is 10.0 Å². The van der Waals surface area contributed by atoms with Crippen LogP contribution in [0.4, 0.5) is 0 Å². The van der Waals surface area contributed by atoms with Crippen molar-refractivity contribution in [2.24, 2.45) is 5.92 Å². The van der Waals surface area contributed by atoms with E-state index < -0.39 is 10.0 Å². The Morgan fingerprint density at radius 2 is 1.55 bits per heavy atom. The summed E-state index contributed by atoms with van der Waals surface area (Å²) in [6.45, 7) is 6.08. The van der Waals surface area contributed by atoms with E-state index in [2.05, 4.69) is 17.0 Å². The summed E-state index contributed by atoms with van der Waals surface area (Å²) in [5.41, 5.74) is 3.69. The highest BCUT2D eigenvalue weighted by Gasteiger charge is 2.30. The number of piperidine rings is 1. The van der Waals surface area contributed by atoms with Gasteiger partial charge >= 0.3 is 0 Å². The maximum absolute atomic E-state index is 12.9. The number of benzene rings is 2. The smallest absolute Gasteiger partial charge is 0.243 e. The van der Waals surface area contributed by atoms with Crippen LogP contribution < -0.4 is 9.47 Å². The van der Waals surface area contributed by atoms with Crippen LogP contribution >= 0.6 is 0 Å². The van der Waals surface area contributed by atoms with Crippen LogP contribution in [0, 0.1) is 12.8 Å². The van der Waals surface area contributed by atoms with Crippen molar-refractivity contribution in [1.29, 1.82) is 0 Å². The summed E-state index contributed by atoms with van der Waals surface area (Å²) < 4.78 is 38.4. The second kappa shape index (κ2) is 9.18. The number of fused-ring (bicyclic) bond motifs is 1. The average molecular weight is 445 g/mol. The van der Waals surface area contributed by atoms with Crippen LogP contribution in [0.3, 0.4) is 0 Å². The van der Waals surface area contributed by atoms with Gasteiger partial charge in [-0.2, -0.15) is 4.31 Å². The fourth-order valence-electron chi connectivity index (χ4n) is 4.65. The Morgan fingerprint density at radius 1 is 0.935 bits per heavy atom. The van der Waals surface area contributed by atoms with Gasteiger partial charge in [-0.25, -0.2) is 8.42 Å². The second-order valence-corrected chi connectivity index (χ2v) is 10.6. The molecule has 1 saturated heterocycles. The van der Waals surface area contributed by atoms with Crippen molar-refractivity contribution in [3.63, 3.8) is 0 Å². The van der Waals surface area contributed by atoms with Gasteiger partial charge in [0, 0.05) is 32.7 Å². The summed E-state index contributed by atoms with van der Waals surface area (Å²) in [6, 6.07) is 11.3. The summed E-state index contributed by atoms with van der Waals surface area (Å²) >= 11 is 0. The van der Waals surface area contributed by atoms with Crippen LogP contribution in [0.2, 0.25) is 0 Å². The molecule has 0 saturated carbocycles. The summed E-state index contributed by atoms with van der Waals surface area (Å²) in [7, 11) is -0.0543. The van der Waals surface area contributed by atoms with Crippen LogP contribution in [0.15, 0.2) is 41.3 Å². The average Bonchev–Trinajstić information content (AvgIpc) is 2.78. The van der Waals surface area contributed by atoms with Gasteiger partial charge in [-0.15, -0.1) is 0 Å².